The van der Waals surface area contributed by atoms with Crippen LogP contribution in [0.1, 0.15) is 45.3 Å². The first-order valence-corrected chi connectivity index (χ1v) is 6.69. The zero-order valence-corrected chi connectivity index (χ0v) is 11.4. The van der Waals surface area contributed by atoms with Gasteiger partial charge in [-0.25, -0.2) is 4.39 Å². The molecule has 3 unspecified atom stereocenters. The standard InChI is InChI=1S/C15H22FNO/c1-4-15(3)9-10-18-14(11(2)17-15)12-5-7-13(16)8-6-12/h5-8,11,14,17H,4,9-10H2,1-3H3. The molecule has 18 heavy (non-hydrogen) atoms. The SMILES string of the molecule is CCC1(C)CCOC(c2ccc(F)cc2)C(C)N1. The highest BCUT2D eigenvalue weighted by atomic mass is 19.1. The fourth-order valence-corrected chi connectivity index (χ4v) is 2.57. The molecule has 1 fully saturated rings. The Morgan fingerprint density at radius 3 is 2.67 bits per heavy atom. The van der Waals surface area contributed by atoms with Gasteiger partial charge in [0.25, 0.3) is 0 Å². The van der Waals surface area contributed by atoms with E-state index in [-0.39, 0.29) is 23.5 Å². The molecule has 2 rings (SSSR count). The molecular formula is C15H22FNO. The van der Waals surface area contributed by atoms with Gasteiger partial charge in [0.15, 0.2) is 0 Å². The number of halogens is 1. The van der Waals surface area contributed by atoms with Crippen LogP contribution in [-0.4, -0.2) is 18.2 Å². The Kier molecular flexibility index (Phi) is 4.03. The van der Waals surface area contributed by atoms with Crippen molar-refractivity contribution < 1.29 is 9.13 Å². The molecule has 1 aromatic rings. The Hall–Kier alpha value is -0.930. The van der Waals surface area contributed by atoms with E-state index in [1.54, 1.807) is 0 Å². The third-order valence-corrected chi connectivity index (χ3v) is 3.96. The molecule has 1 heterocycles. The van der Waals surface area contributed by atoms with Crippen LogP contribution in [0.25, 0.3) is 0 Å². The van der Waals surface area contributed by atoms with E-state index in [1.165, 1.54) is 12.1 Å². The molecule has 2 nitrogen and oxygen atoms in total. The highest BCUT2D eigenvalue weighted by Crippen LogP contribution is 2.29. The van der Waals surface area contributed by atoms with E-state index < -0.39 is 0 Å². The minimum absolute atomic E-state index is 0.000949. The molecule has 3 heteroatoms. The molecule has 1 aromatic carbocycles. The van der Waals surface area contributed by atoms with Crippen molar-refractivity contribution in [2.24, 2.45) is 0 Å². The predicted octanol–water partition coefficient (Wildman–Crippen LogP) is 3.43. The van der Waals surface area contributed by atoms with Gasteiger partial charge in [0, 0.05) is 18.2 Å². The largest absolute Gasteiger partial charge is 0.372 e. The van der Waals surface area contributed by atoms with Crippen LogP contribution in [0.5, 0.6) is 0 Å². The van der Waals surface area contributed by atoms with E-state index in [2.05, 4.69) is 26.1 Å². The summed E-state index contributed by atoms with van der Waals surface area (Å²) in [6.07, 6.45) is 2.08. The van der Waals surface area contributed by atoms with Gasteiger partial charge in [0.2, 0.25) is 0 Å². The lowest BCUT2D eigenvalue weighted by Crippen LogP contribution is -2.47. The maximum atomic E-state index is 13.0. The van der Waals surface area contributed by atoms with Crippen molar-refractivity contribution >= 4 is 0 Å². The summed E-state index contributed by atoms with van der Waals surface area (Å²) in [7, 11) is 0. The Morgan fingerprint density at radius 2 is 2.06 bits per heavy atom. The molecular weight excluding hydrogens is 229 g/mol. The van der Waals surface area contributed by atoms with Gasteiger partial charge in [0.1, 0.15) is 5.82 Å². The quantitative estimate of drug-likeness (QED) is 0.869. The second-order valence-corrected chi connectivity index (χ2v) is 5.44. The molecule has 0 radical (unpaired) electrons. The number of benzene rings is 1. The number of rotatable bonds is 2. The van der Waals surface area contributed by atoms with Crippen LogP contribution in [0, 0.1) is 5.82 Å². The van der Waals surface area contributed by atoms with Crippen LogP contribution in [0.3, 0.4) is 0 Å². The molecule has 1 N–H and O–H groups in total. The van der Waals surface area contributed by atoms with Gasteiger partial charge in [-0.1, -0.05) is 19.1 Å². The molecule has 0 saturated carbocycles. The smallest absolute Gasteiger partial charge is 0.123 e. The summed E-state index contributed by atoms with van der Waals surface area (Å²) in [6.45, 7) is 7.30. The van der Waals surface area contributed by atoms with Gasteiger partial charge >= 0.3 is 0 Å². The molecule has 0 aromatic heterocycles. The third kappa shape index (κ3) is 2.90. The van der Waals surface area contributed by atoms with Crippen LogP contribution < -0.4 is 5.32 Å². The van der Waals surface area contributed by atoms with Crippen molar-refractivity contribution in [1.29, 1.82) is 0 Å². The molecule has 3 atom stereocenters. The molecule has 1 aliphatic rings. The van der Waals surface area contributed by atoms with Crippen molar-refractivity contribution in [1.82, 2.24) is 5.32 Å². The van der Waals surface area contributed by atoms with Crippen molar-refractivity contribution in [3.8, 4) is 0 Å². The lowest BCUT2D eigenvalue weighted by molar-refractivity contribution is 0.0460. The predicted molar refractivity (Wildman–Crippen MR) is 71.0 cm³/mol. The fourth-order valence-electron chi connectivity index (χ4n) is 2.57. The molecule has 100 valence electrons. The first-order chi connectivity index (χ1) is 8.54. The maximum absolute atomic E-state index is 13.0. The Balaban J connectivity index is 2.16. The van der Waals surface area contributed by atoms with Crippen molar-refractivity contribution in [3.63, 3.8) is 0 Å². The number of ether oxygens (including phenoxy) is 1. The van der Waals surface area contributed by atoms with Gasteiger partial charge in [0.05, 0.1) is 6.10 Å². The average Bonchev–Trinajstić information content (AvgIpc) is 2.50. The van der Waals surface area contributed by atoms with Crippen LogP contribution in [0.2, 0.25) is 0 Å². The lowest BCUT2D eigenvalue weighted by atomic mass is 9.93. The van der Waals surface area contributed by atoms with Gasteiger partial charge in [-0.2, -0.15) is 0 Å². The molecule has 0 amide bonds. The van der Waals surface area contributed by atoms with Crippen molar-refractivity contribution in [3.05, 3.63) is 35.6 Å². The zero-order valence-electron chi connectivity index (χ0n) is 11.4. The summed E-state index contributed by atoms with van der Waals surface area (Å²) in [5.74, 6) is -0.202. The maximum Gasteiger partial charge on any atom is 0.123 e. The summed E-state index contributed by atoms with van der Waals surface area (Å²) in [4.78, 5) is 0. The van der Waals surface area contributed by atoms with E-state index in [4.69, 9.17) is 4.74 Å². The monoisotopic (exact) mass is 251 g/mol. The second-order valence-electron chi connectivity index (χ2n) is 5.44. The second kappa shape index (κ2) is 5.37. The van der Waals surface area contributed by atoms with Gasteiger partial charge in [-0.05, 0) is 44.4 Å². The average molecular weight is 251 g/mol. The molecule has 0 bridgehead atoms. The number of hydrogen-bond acceptors (Lipinski definition) is 2. The summed E-state index contributed by atoms with van der Waals surface area (Å²) < 4.78 is 18.9. The summed E-state index contributed by atoms with van der Waals surface area (Å²) in [6, 6.07) is 6.84. The van der Waals surface area contributed by atoms with Crippen LogP contribution in [0.15, 0.2) is 24.3 Å². The Bertz CT molecular complexity index is 392. The topological polar surface area (TPSA) is 21.3 Å². The number of hydrogen-bond donors (Lipinski definition) is 1. The highest BCUT2D eigenvalue weighted by molar-refractivity contribution is 5.20. The van der Waals surface area contributed by atoms with Crippen LogP contribution >= 0.6 is 0 Å². The zero-order chi connectivity index (χ0) is 13.2. The van der Waals surface area contributed by atoms with Crippen molar-refractivity contribution in [2.75, 3.05) is 6.61 Å². The normalized spacial score (nSPS) is 33.1. The first-order valence-electron chi connectivity index (χ1n) is 6.69. The van der Waals surface area contributed by atoms with Gasteiger partial charge < -0.3 is 10.1 Å². The summed E-state index contributed by atoms with van der Waals surface area (Å²) in [5, 5.41) is 3.65. The highest BCUT2D eigenvalue weighted by Gasteiger charge is 2.32. The third-order valence-electron chi connectivity index (χ3n) is 3.96. The van der Waals surface area contributed by atoms with E-state index in [9.17, 15) is 4.39 Å². The molecule has 1 aliphatic heterocycles. The van der Waals surface area contributed by atoms with Crippen LogP contribution in [-0.2, 0) is 4.74 Å². The lowest BCUT2D eigenvalue weighted by Gasteiger charge is -2.31. The Morgan fingerprint density at radius 1 is 1.39 bits per heavy atom. The van der Waals surface area contributed by atoms with E-state index in [1.807, 2.05) is 12.1 Å². The summed E-state index contributed by atoms with van der Waals surface area (Å²) >= 11 is 0. The van der Waals surface area contributed by atoms with Gasteiger partial charge in [-0.3, -0.25) is 0 Å². The first kappa shape index (κ1) is 13.5. The van der Waals surface area contributed by atoms with E-state index in [0.29, 0.717) is 0 Å². The molecule has 0 spiro atoms. The molecule has 0 aliphatic carbocycles. The van der Waals surface area contributed by atoms with E-state index in [0.717, 1.165) is 25.0 Å². The van der Waals surface area contributed by atoms with Crippen molar-refractivity contribution in [2.45, 2.75) is 51.3 Å². The molecule has 1 saturated heterocycles. The fraction of sp³-hybridized carbons (Fsp3) is 0.600. The van der Waals surface area contributed by atoms with Gasteiger partial charge in [-0.15, -0.1) is 0 Å². The van der Waals surface area contributed by atoms with E-state index >= 15 is 0 Å². The minimum atomic E-state index is -0.202. The minimum Gasteiger partial charge on any atom is -0.372 e. The van der Waals surface area contributed by atoms with Crippen LogP contribution in [0.4, 0.5) is 4.39 Å². The summed E-state index contributed by atoms with van der Waals surface area (Å²) in [5.41, 5.74) is 1.17. The number of nitrogens with one attached hydrogen (secondary N) is 1. The Labute approximate surface area is 109 Å².